The fourth-order valence-electron chi connectivity index (χ4n) is 4.42. The number of nitrogens with two attached hydrogens (primary N) is 1. The molecule has 0 unspecified atom stereocenters. The first-order valence-electron chi connectivity index (χ1n) is 14.4. The Morgan fingerprint density at radius 1 is 0.529 bits per heavy atom. The summed E-state index contributed by atoms with van der Waals surface area (Å²) in [4.78, 5) is 56.7. The Labute approximate surface area is 311 Å². The van der Waals surface area contributed by atoms with Crippen molar-refractivity contribution in [3.63, 3.8) is 0 Å². The summed E-state index contributed by atoms with van der Waals surface area (Å²) >= 11 is 0. The highest BCUT2D eigenvalue weighted by atomic mass is 16.2. The Balaban J connectivity index is -0.000000195. The number of hydrogen-bond acceptors (Lipinski definition) is 5. The lowest BCUT2D eigenvalue weighted by molar-refractivity contribution is 0.0878. The third-order valence-corrected chi connectivity index (χ3v) is 7.28. The minimum Gasteiger partial charge on any atom is -0.366 e. The van der Waals surface area contributed by atoms with Crippen molar-refractivity contribution in [1.82, 2.24) is 15.5 Å². The summed E-state index contributed by atoms with van der Waals surface area (Å²) in [7, 11) is 0. The van der Waals surface area contributed by atoms with Crippen molar-refractivity contribution in [2.45, 2.75) is 108 Å². The molecule has 4 aromatic rings. The normalized spacial score (nSPS) is 11.1. The van der Waals surface area contributed by atoms with E-state index in [-0.39, 0.29) is 100 Å². The third kappa shape index (κ3) is 13.9. The van der Waals surface area contributed by atoms with E-state index < -0.39 is 0 Å². The van der Waals surface area contributed by atoms with Crippen LogP contribution in [0.5, 0.6) is 0 Å². The fourth-order valence-corrected chi connectivity index (χ4v) is 4.42. The van der Waals surface area contributed by atoms with E-state index in [1.165, 1.54) is 0 Å². The van der Waals surface area contributed by atoms with Crippen molar-refractivity contribution >= 4 is 53.7 Å². The molecule has 0 saturated carbocycles. The van der Waals surface area contributed by atoms with E-state index in [0.29, 0.717) is 27.5 Å². The fraction of sp³-hybridized carbons (Fsp3) is 0.410. The van der Waals surface area contributed by atoms with Crippen molar-refractivity contribution in [2.24, 2.45) is 5.73 Å². The molecule has 12 heteroatoms. The van der Waals surface area contributed by atoms with E-state index in [9.17, 15) is 24.0 Å². The molecule has 1 aromatic heterocycles. The van der Waals surface area contributed by atoms with Gasteiger partial charge >= 0.3 is 0 Å². The van der Waals surface area contributed by atoms with E-state index in [2.05, 4.69) is 77.8 Å². The molecule has 0 atom stereocenters. The first-order valence-corrected chi connectivity index (χ1v) is 14.4. The van der Waals surface area contributed by atoms with Crippen molar-refractivity contribution in [1.29, 1.82) is 0 Å². The Kier molecular flexibility index (Phi) is 22.9. The monoisotopic (exact) mass is 695 g/mol. The third-order valence-electron chi connectivity index (χ3n) is 7.28. The first-order chi connectivity index (χ1) is 20.2. The number of aromatic amines is 2. The molecule has 3 amide bonds. The van der Waals surface area contributed by atoms with Crippen molar-refractivity contribution in [3.05, 3.63) is 115 Å². The average Bonchev–Trinajstić information content (AvgIpc) is 3.22. The molecule has 9 nitrogen and oxygen atoms in total. The van der Waals surface area contributed by atoms with Gasteiger partial charge in [0.1, 0.15) is 0 Å². The zero-order valence-electron chi connectivity index (χ0n) is 28.6. The maximum Gasteiger partial charge on any atom is 0.270 e. The molecule has 273 valence electrons. The Morgan fingerprint density at radius 2 is 0.941 bits per heavy atom. The topological polar surface area (TPSA) is 155 Å². The number of amides is 3. The maximum atomic E-state index is 11.6. The average molecular weight is 695 g/mol. The smallest absolute Gasteiger partial charge is 0.270 e. The molecule has 5 N–H and O–H groups in total. The number of H-pyrrole nitrogens is 2. The number of primary amides is 1. The second-order valence-corrected chi connectivity index (χ2v) is 13.9. The Morgan fingerprint density at radius 3 is 1.41 bits per heavy atom. The molecule has 5 rings (SSSR count). The Bertz CT molecular complexity index is 1860. The number of imide groups is 1. The van der Waals surface area contributed by atoms with Gasteiger partial charge in [-0.25, -0.2) is 0 Å². The summed E-state index contributed by atoms with van der Waals surface area (Å²) < 4.78 is 0. The lowest BCUT2D eigenvalue weighted by atomic mass is 9.85. The SMILES string of the molecule is C.C.C.C.CC(C)(C)c1ccc2c(=O)[nH][nH]c(=O)c2c1.CC(C)(C)c1ccc2c(c1)C(=O)NC2=O.CC(C)(C)c1cccc(C(N)=O)c1.[B].[B].[B]. The summed E-state index contributed by atoms with van der Waals surface area (Å²) in [6.07, 6.45) is 0. The molecule has 0 saturated heterocycles. The van der Waals surface area contributed by atoms with E-state index in [1.807, 2.05) is 30.3 Å². The van der Waals surface area contributed by atoms with Gasteiger partial charge in [0.2, 0.25) is 5.91 Å². The van der Waals surface area contributed by atoms with E-state index in [4.69, 9.17) is 5.73 Å². The van der Waals surface area contributed by atoms with Gasteiger partial charge in [0.15, 0.2) is 0 Å². The van der Waals surface area contributed by atoms with E-state index in [0.717, 1.165) is 16.7 Å². The van der Waals surface area contributed by atoms with Gasteiger partial charge in [-0.15, -0.1) is 0 Å². The predicted molar refractivity (Wildman–Crippen MR) is 219 cm³/mol. The maximum absolute atomic E-state index is 11.6. The van der Waals surface area contributed by atoms with E-state index in [1.54, 1.807) is 30.3 Å². The van der Waals surface area contributed by atoms with Crippen LogP contribution in [0.2, 0.25) is 0 Å². The lowest BCUT2D eigenvalue weighted by Gasteiger charge is -2.19. The van der Waals surface area contributed by atoms with Gasteiger partial charge in [-0.1, -0.05) is 116 Å². The highest BCUT2D eigenvalue weighted by Gasteiger charge is 2.28. The summed E-state index contributed by atoms with van der Waals surface area (Å²) in [5, 5.41) is 7.79. The van der Waals surface area contributed by atoms with Crippen LogP contribution in [0.3, 0.4) is 0 Å². The molecule has 1 aliphatic heterocycles. The number of fused-ring (bicyclic) bond motifs is 2. The molecule has 1 aliphatic rings. The Hall–Kier alpha value is -4.60. The predicted octanol–water partition coefficient (Wildman–Crippen LogP) is 6.87. The van der Waals surface area contributed by atoms with Crippen LogP contribution >= 0.6 is 0 Å². The number of hydrogen-bond donors (Lipinski definition) is 4. The number of aromatic nitrogens is 2. The van der Waals surface area contributed by atoms with Gasteiger partial charge in [-0.05, 0) is 69.3 Å². The highest BCUT2D eigenvalue weighted by Crippen LogP contribution is 2.27. The largest absolute Gasteiger partial charge is 0.366 e. The molecule has 0 aliphatic carbocycles. The van der Waals surface area contributed by atoms with Gasteiger partial charge in [0, 0.05) is 30.8 Å². The molecule has 51 heavy (non-hydrogen) atoms. The van der Waals surface area contributed by atoms with Gasteiger partial charge in [0.05, 0.1) is 21.9 Å². The quantitative estimate of drug-likeness (QED) is 0.126. The van der Waals surface area contributed by atoms with Crippen molar-refractivity contribution in [2.75, 3.05) is 0 Å². The molecule has 0 spiro atoms. The van der Waals surface area contributed by atoms with Crippen LogP contribution in [0.4, 0.5) is 0 Å². The molecular formula is C39H58B3N4O5. The van der Waals surface area contributed by atoms with Crippen LogP contribution < -0.4 is 22.2 Å². The minimum absolute atomic E-state index is 0. The lowest BCUT2D eigenvalue weighted by Crippen LogP contribution is -2.20. The van der Waals surface area contributed by atoms with Gasteiger partial charge < -0.3 is 5.73 Å². The second kappa shape index (κ2) is 20.9. The van der Waals surface area contributed by atoms with Crippen LogP contribution in [0.1, 0.15) is 140 Å². The highest BCUT2D eigenvalue weighted by molar-refractivity contribution is 6.21. The summed E-state index contributed by atoms with van der Waals surface area (Å²) in [6.45, 7) is 18.7. The van der Waals surface area contributed by atoms with Crippen molar-refractivity contribution < 1.29 is 14.4 Å². The number of carbonyl (C=O) groups excluding carboxylic acids is 3. The number of carbonyl (C=O) groups is 3. The van der Waals surface area contributed by atoms with Gasteiger partial charge in [-0.3, -0.25) is 39.5 Å². The number of nitrogens with one attached hydrogen (secondary N) is 3. The van der Waals surface area contributed by atoms with Gasteiger partial charge in [-0.2, -0.15) is 0 Å². The number of rotatable bonds is 1. The molecule has 3 aromatic carbocycles. The van der Waals surface area contributed by atoms with Gasteiger partial charge in [0.25, 0.3) is 22.9 Å². The van der Waals surface area contributed by atoms with Crippen molar-refractivity contribution in [3.8, 4) is 0 Å². The van der Waals surface area contributed by atoms with Crippen LogP contribution in [0.25, 0.3) is 10.8 Å². The summed E-state index contributed by atoms with van der Waals surface area (Å²) in [5.41, 5.74) is 9.44. The number of benzene rings is 3. The van der Waals surface area contributed by atoms with Crippen LogP contribution in [0.15, 0.2) is 70.3 Å². The van der Waals surface area contributed by atoms with Crippen LogP contribution in [-0.4, -0.2) is 53.2 Å². The van der Waals surface area contributed by atoms with Crippen LogP contribution in [0, 0.1) is 0 Å². The standard InChI is InChI=1S/C12H14N2O2.C12H13NO2.C11H15NO.4CH4.3B/c1-12(2,3)7-4-5-8-9(6-7)11(16)14-13-10(8)15;1-12(2,3)7-4-5-8-9(6-7)11(15)13-10(8)14;1-11(2,3)9-6-4-5-8(7-9)10(12)13;;;;;;;/h4-6H,1-3H3,(H,13,15)(H,14,16);4-6H,1-3H3,(H,13,14,15);4-7H,1-3H3,(H2,12,13);4*1H4;;;. The molecule has 0 fully saturated rings. The minimum atomic E-state index is -0.369. The summed E-state index contributed by atoms with van der Waals surface area (Å²) in [6, 6.07) is 18.2. The molecule has 0 bridgehead atoms. The second-order valence-electron chi connectivity index (χ2n) is 13.9. The summed E-state index contributed by atoms with van der Waals surface area (Å²) in [5.74, 6) is -0.956. The first kappa shape index (κ1) is 55.8. The van der Waals surface area contributed by atoms with E-state index >= 15 is 0 Å². The zero-order chi connectivity index (χ0) is 33.2. The molecule has 2 heterocycles. The molecular weight excluding hydrogens is 637 g/mol. The molecule has 9 radical (unpaired) electrons. The van der Waals surface area contributed by atoms with Crippen LogP contribution in [-0.2, 0) is 16.2 Å². The zero-order valence-corrected chi connectivity index (χ0v) is 28.6.